The Kier molecular flexibility index (Phi) is 11.1. The maximum atomic E-state index is 12.7. The highest BCUT2D eigenvalue weighted by Gasteiger charge is 2.28. The third-order valence-electron chi connectivity index (χ3n) is 5.62. The zero-order valence-electron chi connectivity index (χ0n) is 21.4. The molecule has 198 valence electrons. The topological polar surface area (TPSA) is 151 Å². The standard InChI is InChI=1S/C26H37N3O7/c1-15(2)24-17(4)8-9-22(32)27-10-6-7-16(3)11-19(30)12-20(31)13-23-29-21(14-35-23)25(33)28-18(5)26(34)36-24/h6-9,11,14-15,17-20,24,30-31H,10,12-13H2,1-5H3,(H,27,32)(H,28,33)/b7-6+,9-8+,16-11+/t17-,18-,19-,20+,24-/m1/s1. The van der Waals surface area contributed by atoms with Crippen molar-refractivity contribution in [3.63, 3.8) is 0 Å². The number of carbonyl (C=O) groups excluding carboxylic acids is 3. The van der Waals surface area contributed by atoms with Crippen molar-refractivity contribution in [1.82, 2.24) is 15.6 Å². The van der Waals surface area contributed by atoms with E-state index in [9.17, 15) is 24.6 Å². The number of rotatable bonds is 1. The third-order valence-corrected chi connectivity index (χ3v) is 5.62. The average molecular weight is 504 g/mol. The quantitative estimate of drug-likeness (QED) is 0.424. The minimum absolute atomic E-state index is 0.00233. The average Bonchev–Trinajstić information content (AvgIpc) is 3.25. The van der Waals surface area contributed by atoms with E-state index in [1.165, 1.54) is 13.0 Å². The summed E-state index contributed by atoms with van der Waals surface area (Å²) in [5.41, 5.74) is 0.719. The number of hydrogen-bond acceptors (Lipinski definition) is 8. The Morgan fingerprint density at radius 3 is 2.56 bits per heavy atom. The van der Waals surface area contributed by atoms with Crippen LogP contribution in [0.15, 0.2) is 46.6 Å². The van der Waals surface area contributed by atoms with E-state index in [1.807, 2.05) is 20.8 Å². The number of aliphatic hydroxyl groups excluding tert-OH is 2. The van der Waals surface area contributed by atoms with Crippen LogP contribution in [-0.4, -0.2) is 63.9 Å². The molecule has 2 rings (SSSR count). The molecule has 0 unspecified atom stereocenters. The minimum atomic E-state index is -0.959. The molecule has 5 atom stereocenters. The van der Waals surface area contributed by atoms with Crippen LogP contribution in [0.2, 0.25) is 0 Å². The largest absolute Gasteiger partial charge is 0.460 e. The van der Waals surface area contributed by atoms with Crippen LogP contribution >= 0.6 is 0 Å². The lowest BCUT2D eigenvalue weighted by Gasteiger charge is -2.27. The van der Waals surface area contributed by atoms with E-state index >= 15 is 0 Å². The molecule has 10 heteroatoms. The number of allylic oxidation sites excluding steroid dienone is 2. The summed E-state index contributed by atoms with van der Waals surface area (Å²) in [6, 6.07) is -0.956. The SMILES string of the molecule is CC1=C\[C@@H](O)C[C@H](O)Cc2nc(co2)C(=O)N[C@H](C)C(=O)O[C@H](C(C)C)[C@H](C)/C=C/C(=O)NC\C=C\1. The van der Waals surface area contributed by atoms with Crippen molar-refractivity contribution < 1.29 is 33.8 Å². The van der Waals surface area contributed by atoms with E-state index in [0.717, 1.165) is 11.8 Å². The Morgan fingerprint density at radius 2 is 1.86 bits per heavy atom. The van der Waals surface area contributed by atoms with Crippen molar-refractivity contribution in [2.45, 2.75) is 71.8 Å². The molecule has 4 N–H and O–H groups in total. The van der Waals surface area contributed by atoms with E-state index in [2.05, 4.69) is 15.6 Å². The summed E-state index contributed by atoms with van der Waals surface area (Å²) >= 11 is 0. The van der Waals surface area contributed by atoms with Gasteiger partial charge in [0.2, 0.25) is 5.91 Å². The predicted molar refractivity (Wildman–Crippen MR) is 133 cm³/mol. The smallest absolute Gasteiger partial charge is 0.328 e. The number of fused-ring (bicyclic) bond motifs is 2. The van der Waals surface area contributed by atoms with Gasteiger partial charge in [0.25, 0.3) is 5.91 Å². The number of amides is 2. The molecule has 1 aromatic rings. The summed E-state index contributed by atoms with van der Waals surface area (Å²) in [6.07, 6.45) is 6.98. The van der Waals surface area contributed by atoms with Gasteiger partial charge in [0.15, 0.2) is 11.6 Å². The van der Waals surface area contributed by atoms with Crippen molar-refractivity contribution in [2.75, 3.05) is 6.54 Å². The first-order chi connectivity index (χ1) is 17.0. The van der Waals surface area contributed by atoms with Gasteiger partial charge in [-0.25, -0.2) is 9.78 Å². The molecule has 1 aliphatic heterocycles. The molecule has 2 amide bonds. The Hall–Kier alpha value is -3.24. The highest BCUT2D eigenvalue weighted by atomic mass is 16.5. The van der Waals surface area contributed by atoms with Gasteiger partial charge in [0.1, 0.15) is 18.4 Å². The van der Waals surface area contributed by atoms with E-state index in [4.69, 9.17) is 9.15 Å². The zero-order chi connectivity index (χ0) is 26.8. The second-order valence-electron chi connectivity index (χ2n) is 9.40. The highest BCUT2D eigenvalue weighted by molar-refractivity contribution is 5.94. The van der Waals surface area contributed by atoms with E-state index < -0.39 is 36.2 Å². The number of nitrogens with one attached hydrogen (secondary N) is 2. The maximum Gasteiger partial charge on any atom is 0.328 e. The van der Waals surface area contributed by atoms with Crippen molar-refractivity contribution in [3.8, 4) is 0 Å². The molecule has 0 saturated heterocycles. The van der Waals surface area contributed by atoms with Crippen LogP contribution in [0.3, 0.4) is 0 Å². The number of hydrogen-bond donors (Lipinski definition) is 4. The van der Waals surface area contributed by atoms with Crippen LogP contribution in [0.25, 0.3) is 0 Å². The van der Waals surface area contributed by atoms with Gasteiger partial charge in [-0.3, -0.25) is 9.59 Å². The molecular formula is C26H37N3O7. The molecule has 2 bridgehead atoms. The Balaban J connectivity index is 2.24. The zero-order valence-corrected chi connectivity index (χ0v) is 21.4. The normalized spacial score (nSPS) is 30.9. The highest BCUT2D eigenvalue weighted by Crippen LogP contribution is 2.19. The lowest BCUT2D eigenvalue weighted by molar-refractivity contribution is -0.155. The molecule has 36 heavy (non-hydrogen) atoms. The van der Waals surface area contributed by atoms with Gasteiger partial charge in [-0.2, -0.15) is 0 Å². The Morgan fingerprint density at radius 1 is 1.14 bits per heavy atom. The van der Waals surface area contributed by atoms with Gasteiger partial charge >= 0.3 is 5.97 Å². The summed E-state index contributed by atoms with van der Waals surface area (Å²) < 4.78 is 10.9. The van der Waals surface area contributed by atoms with Gasteiger partial charge in [0, 0.05) is 18.9 Å². The number of aromatic nitrogens is 1. The number of carbonyl (C=O) groups is 3. The van der Waals surface area contributed by atoms with E-state index in [1.54, 1.807) is 31.2 Å². The van der Waals surface area contributed by atoms with Crippen LogP contribution < -0.4 is 10.6 Å². The van der Waals surface area contributed by atoms with Gasteiger partial charge in [-0.05, 0) is 25.8 Å². The first-order valence-electron chi connectivity index (χ1n) is 12.1. The van der Waals surface area contributed by atoms with Crippen molar-refractivity contribution in [1.29, 1.82) is 0 Å². The van der Waals surface area contributed by atoms with Crippen molar-refractivity contribution in [3.05, 3.63) is 53.8 Å². The number of aliphatic hydroxyl groups is 2. The van der Waals surface area contributed by atoms with Crippen molar-refractivity contribution >= 4 is 17.8 Å². The molecule has 0 radical (unpaired) electrons. The van der Waals surface area contributed by atoms with Crippen LogP contribution in [-0.2, 0) is 20.7 Å². The lowest BCUT2D eigenvalue weighted by Crippen LogP contribution is -2.42. The predicted octanol–water partition coefficient (Wildman–Crippen LogP) is 1.84. The monoisotopic (exact) mass is 503 g/mol. The van der Waals surface area contributed by atoms with E-state index in [0.29, 0.717) is 0 Å². The molecule has 1 aliphatic rings. The van der Waals surface area contributed by atoms with Crippen molar-refractivity contribution in [2.24, 2.45) is 11.8 Å². The summed E-state index contributed by atoms with van der Waals surface area (Å²) in [7, 11) is 0. The molecule has 10 nitrogen and oxygen atoms in total. The Bertz CT molecular complexity index is 995. The van der Waals surface area contributed by atoms with Gasteiger partial charge < -0.3 is 30.0 Å². The van der Waals surface area contributed by atoms with E-state index in [-0.39, 0.29) is 48.7 Å². The molecule has 0 fully saturated rings. The maximum absolute atomic E-state index is 12.7. The fourth-order valence-corrected chi connectivity index (χ4v) is 3.73. The number of oxazole rings is 1. The first kappa shape index (κ1) is 29.0. The third kappa shape index (κ3) is 9.43. The van der Waals surface area contributed by atoms with Gasteiger partial charge in [-0.15, -0.1) is 0 Å². The van der Waals surface area contributed by atoms with Crippen LogP contribution in [0.1, 0.15) is 57.4 Å². The van der Waals surface area contributed by atoms with Crippen LogP contribution in [0.4, 0.5) is 0 Å². The van der Waals surface area contributed by atoms with Gasteiger partial charge in [0.05, 0.1) is 18.6 Å². The molecule has 2 heterocycles. The fraction of sp³-hybridized carbons (Fsp3) is 0.538. The summed E-state index contributed by atoms with van der Waals surface area (Å²) in [5, 5.41) is 25.8. The summed E-state index contributed by atoms with van der Waals surface area (Å²) in [6.45, 7) is 9.24. The molecule has 0 aliphatic carbocycles. The number of nitrogens with zero attached hydrogens (tertiary/aromatic N) is 1. The molecular weight excluding hydrogens is 466 g/mol. The Labute approximate surface area is 211 Å². The minimum Gasteiger partial charge on any atom is -0.460 e. The first-order valence-corrected chi connectivity index (χ1v) is 12.1. The molecule has 1 aromatic heterocycles. The fourth-order valence-electron chi connectivity index (χ4n) is 3.73. The van der Waals surface area contributed by atoms with Gasteiger partial charge in [-0.1, -0.05) is 50.6 Å². The molecule has 0 spiro atoms. The molecule has 0 aromatic carbocycles. The summed E-state index contributed by atoms with van der Waals surface area (Å²) in [4.78, 5) is 41.5. The molecule has 0 saturated carbocycles. The second kappa shape index (κ2) is 13.7. The summed E-state index contributed by atoms with van der Waals surface area (Å²) in [5.74, 6) is -1.70. The number of ether oxygens (including phenoxy) is 1. The van der Waals surface area contributed by atoms with Crippen LogP contribution in [0, 0.1) is 11.8 Å². The number of cyclic esters (lactones) is 1. The second-order valence-corrected chi connectivity index (χ2v) is 9.40. The lowest BCUT2D eigenvalue weighted by atomic mass is 9.94. The number of esters is 1. The van der Waals surface area contributed by atoms with Crippen LogP contribution in [0.5, 0.6) is 0 Å².